The molecule has 0 aliphatic heterocycles. The normalized spacial score (nSPS) is 10.4. The molecule has 0 spiro atoms. The molecule has 0 aliphatic rings. The van der Waals surface area contributed by atoms with Gasteiger partial charge in [-0.1, -0.05) is 17.7 Å². The van der Waals surface area contributed by atoms with E-state index >= 15 is 0 Å². The third-order valence-corrected chi connectivity index (χ3v) is 2.28. The van der Waals surface area contributed by atoms with Crippen molar-refractivity contribution in [2.75, 3.05) is 0 Å². The SMILES string of the molecule is Cc1cccc(-c2nnc(CCC(=O)O)o2)c1. The van der Waals surface area contributed by atoms with E-state index in [4.69, 9.17) is 9.52 Å². The Bertz CT molecular complexity index is 534. The summed E-state index contributed by atoms with van der Waals surface area (Å²) in [4.78, 5) is 10.4. The smallest absolute Gasteiger partial charge is 0.303 e. The number of rotatable bonds is 4. The maximum absolute atomic E-state index is 10.4. The molecule has 0 fully saturated rings. The van der Waals surface area contributed by atoms with Crippen molar-refractivity contribution < 1.29 is 14.3 Å². The molecule has 1 aromatic carbocycles. The molecule has 5 heteroatoms. The second-order valence-electron chi connectivity index (χ2n) is 3.76. The van der Waals surface area contributed by atoms with Crippen molar-refractivity contribution in [2.45, 2.75) is 19.8 Å². The molecule has 0 amide bonds. The summed E-state index contributed by atoms with van der Waals surface area (Å²) < 4.78 is 5.39. The predicted molar refractivity (Wildman–Crippen MR) is 60.4 cm³/mol. The fourth-order valence-electron chi connectivity index (χ4n) is 1.46. The quantitative estimate of drug-likeness (QED) is 0.873. The van der Waals surface area contributed by atoms with Crippen LogP contribution in [0.25, 0.3) is 11.5 Å². The Morgan fingerprint density at radius 1 is 1.41 bits per heavy atom. The van der Waals surface area contributed by atoms with Crippen molar-refractivity contribution in [1.29, 1.82) is 0 Å². The molecule has 88 valence electrons. The molecule has 0 radical (unpaired) electrons. The number of hydrogen-bond donors (Lipinski definition) is 1. The van der Waals surface area contributed by atoms with Gasteiger partial charge in [-0.05, 0) is 19.1 Å². The van der Waals surface area contributed by atoms with Gasteiger partial charge in [0.05, 0.1) is 6.42 Å². The van der Waals surface area contributed by atoms with Crippen LogP contribution < -0.4 is 0 Å². The molecule has 0 saturated carbocycles. The fraction of sp³-hybridized carbons (Fsp3) is 0.250. The Labute approximate surface area is 98.1 Å². The highest BCUT2D eigenvalue weighted by Gasteiger charge is 2.09. The second-order valence-corrected chi connectivity index (χ2v) is 3.76. The second kappa shape index (κ2) is 4.78. The zero-order chi connectivity index (χ0) is 12.3. The maximum atomic E-state index is 10.4. The number of benzene rings is 1. The largest absolute Gasteiger partial charge is 0.481 e. The van der Waals surface area contributed by atoms with Gasteiger partial charge in [-0.2, -0.15) is 0 Å². The van der Waals surface area contributed by atoms with Gasteiger partial charge in [0.2, 0.25) is 11.8 Å². The summed E-state index contributed by atoms with van der Waals surface area (Å²) in [5.41, 5.74) is 1.95. The highest BCUT2D eigenvalue weighted by Crippen LogP contribution is 2.19. The van der Waals surface area contributed by atoms with Crippen molar-refractivity contribution in [3.63, 3.8) is 0 Å². The van der Waals surface area contributed by atoms with E-state index in [-0.39, 0.29) is 12.8 Å². The first-order chi connectivity index (χ1) is 8.15. The number of carboxylic acid groups (broad SMARTS) is 1. The van der Waals surface area contributed by atoms with Gasteiger partial charge in [-0.25, -0.2) is 0 Å². The molecule has 5 nitrogen and oxygen atoms in total. The molecule has 1 aromatic heterocycles. The lowest BCUT2D eigenvalue weighted by Crippen LogP contribution is -1.97. The monoisotopic (exact) mass is 232 g/mol. The van der Waals surface area contributed by atoms with Gasteiger partial charge in [0, 0.05) is 12.0 Å². The number of carbonyl (C=O) groups is 1. The van der Waals surface area contributed by atoms with Gasteiger partial charge in [-0.3, -0.25) is 4.79 Å². The molecule has 17 heavy (non-hydrogen) atoms. The van der Waals surface area contributed by atoms with E-state index in [2.05, 4.69) is 10.2 Å². The van der Waals surface area contributed by atoms with Crippen molar-refractivity contribution in [1.82, 2.24) is 10.2 Å². The minimum absolute atomic E-state index is 0.00451. The topological polar surface area (TPSA) is 76.2 Å². The zero-order valence-electron chi connectivity index (χ0n) is 9.38. The summed E-state index contributed by atoms with van der Waals surface area (Å²) in [5, 5.41) is 16.3. The zero-order valence-corrected chi connectivity index (χ0v) is 9.38. The molecule has 1 N–H and O–H groups in total. The van der Waals surface area contributed by atoms with Crippen LogP contribution in [0.5, 0.6) is 0 Å². The van der Waals surface area contributed by atoms with Gasteiger partial charge in [-0.15, -0.1) is 10.2 Å². The number of carboxylic acids is 1. The van der Waals surface area contributed by atoms with Crippen molar-refractivity contribution in [3.8, 4) is 11.5 Å². The molecule has 0 bridgehead atoms. The van der Waals surface area contributed by atoms with E-state index in [9.17, 15) is 4.79 Å². The van der Waals surface area contributed by atoms with Gasteiger partial charge in [0.25, 0.3) is 0 Å². The van der Waals surface area contributed by atoms with E-state index in [1.54, 1.807) is 0 Å². The van der Waals surface area contributed by atoms with Crippen LogP contribution in [0.1, 0.15) is 17.9 Å². The lowest BCUT2D eigenvalue weighted by molar-refractivity contribution is -0.137. The summed E-state index contributed by atoms with van der Waals surface area (Å²) >= 11 is 0. The number of nitrogens with zero attached hydrogens (tertiary/aromatic N) is 2. The third-order valence-electron chi connectivity index (χ3n) is 2.28. The lowest BCUT2D eigenvalue weighted by atomic mass is 10.1. The van der Waals surface area contributed by atoms with E-state index in [1.165, 1.54) is 0 Å². The summed E-state index contributed by atoms with van der Waals surface area (Å²) in [6.07, 6.45) is 0.254. The first kappa shape index (κ1) is 11.3. The molecule has 2 rings (SSSR count). The van der Waals surface area contributed by atoms with Crippen LogP contribution in [-0.4, -0.2) is 21.3 Å². The van der Waals surface area contributed by atoms with E-state index in [0.717, 1.165) is 11.1 Å². The van der Waals surface area contributed by atoms with Crippen LogP contribution >= 0.6 is 0 Å². The van der Waals surface area contributed by atoms with Crippen LogP contribution in [-0.2, 0) is 11.2 Å². The first-order valence-electron chi connectivity index (χ1n) is 5.26. The van der Waals surface area contributed by atoms with Crippen molar-refractivity contribution in [3.05, 3.63) is 35.7 Å². The highest BCUT2D eigenvalue weighted by molar-refractivity contribution is 5.66. The third kappa shape index (κ3) is 2.90. The molecular formula is C12H12N2O3. The van der Waals surface area contributed by atoms with Gasteiger partial charge in [0.1, 0.15) is 0 Å². The van der Waals surface area contributed by atoms with Crippen LogP contribution in [0.2, 0.25) is 0 Å². The van der Waals surface area contributed by atoms with Crippen LogP contribution in [0.15, 0.2) is 28.7 Å². The average Bonchev–Trinajstić information content (AvgIpc) is 2.75. The van der Waals surface area contributed by atoms with E-state index in [0.29, 0.717) is 11.8 Å². The number of aryl methyl sites for hydroxylation is 2. The Morgan fingerprint density at radius 3 is 2.94 bits per heavy atom. The summed E-state index contributed by atoms with van der Waals surface area (Å²) in [6.45, 7) is 1.98. The standard InChI is InChI=1S/C12H12N2O3/c1-8-3-2-4-9(7-8)12-14-13-10(17-12)5-6-11(15)16/h2-4,7H,5-6H2,1H3,(H,15,16). The summed E-state index contributed by atoms with van der Waals surface area (Å²) in [7, 11) is 0. The van der Waals surface area contributed by atoms with Crippen LogP contribution in [0.4, 0.5) is 0 Å². The van der Waals surface area contributed by atoms with E-state index in [1.807, 2.05) is 31.2 Å². The first-order valence-corrected chi connectivity index (χ1v) is 5.26. The Morgan fingerprint density at radius 2 is 2.24 bits per heavy atom. The number of aliphatic carboxylic acids is 1. The number of aromatic nitrogens is 2. The molecular weight excluding hydrogens is 220 g/mol. The van der Waals surface area contributed by atoms with Gasteiger partial charge in [0.15, 0.2) is 0 Å². The average molecular weight is 232 g/mol. The minimum Gasteiger partial charge on any atom is -0.481 e. The van der Waals surface area contributed by atoms with Crippen molar-refractivity contribution >= 4 is 5.97 Å². The number of hydrogen-bond acceptors (Lipinski definition) is 4. The molecule has 0 saturated heterocycles. The van der Waals surface area contributed by atoms with Gasteiger partial charge < -0.3 is 9.52 Å². The van der Waals surface area contributed by atoms with Gasteiger partial charge >= 0.3 is 5.97 Å². The summed E-state index contributed by atoms with van der Waals surface area (Å²) in [5.74, 6) is -0.0988. The maximum Gasteiger partial charge on any atom is 0.303 e. The molecule has 0 unspecified atom stereocenters. The minimum atomic E-state index is -0.875. The Kier molecular flexibility index (Phi) is 3.18. The predicted octanol–water partition coefficient (Wildman–Crippen LogP) is 2.06. The highest BCUT2D eigenvalue weighted by atomic mass is 16.4. The summed E-state index contributed by atoms with van der Waals surface area (Å²) in [6, 6.07) is 7.70. The van der Waals surface area contributed by atoms with Crippen molar-refractivity contribution in [2.24, 2.45) is 0 Å². The lowest BCUT2D eigenvalue weighted by Gasteiger charge is -1.95. The Balaban J connectivity index is 2.15. The Hall–Kier alpha value is -2.17. The molecule has 0 aliphatic carbocycles. The molecule has 1 heterocycles. The molecule has 2 aromatic rings. The molecule has 0 atom stereocenters. The van der Waals surface area contributed by atoms with E-state index < -0.39 is 5.97 Å². The van der Waals surface area contributed by atoms with Crippen LogP contribution in [0.3, 0.4) is 0 Å². The fourth-order valence-corrected chi connectivity index (χ4v) is 1.46. The van der Waals surface area contributed by atoms with Crippen LogP contribution in [0, 0.1) is 6.92 Å².